The molecule has 0 unspecified atom stereocenters. The standard InChI is InChI=1S/C10H4BrCl2F2N3/c11-5-3-16-10(13)18-9(5)17-8-6(12)1-4(14)2-7(8)15/h1-3H,(H,16,17,18). The zero-order valence-corrected chi connectivity index (χ0v) is 11.6. The SMILES string of the molecule is Fc1cc(F)c(Nc2nc(Cl)ncc2Br)c(Cl)c1. The number of nitrogens with zero attached hydrogens (tertiary/aromatic N) is 2. The summed E-state index contributed by atoms with van der Waals surface area (Å²) in [5, 5.41) is 2.50. The molecular formula is C10H4BrCl2F2N3. The van der Waals surface area contributed by atoms with E-state index in [2.05, 4.69) is 31.2 Å². The molecule has 3 nitrogen and oxygen atoms in total. The van der Waals surface area contributed by atoms with Gasteiger partial charge in [0.05, 0.1) is 15.2 Å². The molecular weight excluding hydrogens is 351 g/mol. The average molecular weight is 355 g/mol. The van der Waals surface area contributed by atoms with Gasteiger partial charge in [-0.3, -0.25) is 0 Å². The fourth-order valence-electron chi connectivity index (χ4n) is 1.21. The van der Waals surface area contributed by atoms with Crippen molar-refractivity contribution in [3.05, 3.63) is 44.7 Å². The summed E-state index contributed by atoms with van der Waals surface area (Å²) in [5.41, 5.74) is -0.0893. The van der Waals surface area contributed by atoms with Gasteiger partial charge in [0.2, 0.25) is 5.28 Å². The molecule has 0 radical (unpaired) electrons. The first-order valence-electron chi connectivity index (χ1n) is 4.57. The first-order chi connectivity index (χ1) is 8.47. The lowest BCUT2D eigenvalue weighted by Crippen LogP contribution is -2.00. The molecule has 0 fully saturated rings. The summed E-state index contributed by atoms with van der Waals surface area (Å²) >= 11 is 14.5. The van der Waals surface area contributed by atoms with Gasteiger partial charge in [0, 0.05) is 12.3 Å². The van der Waals surface area contributed by atoms with E-state index in [-0.39, 0.29) is 21.8 Å². The molecule has 1 aromatic heterocycles. The Kier molecular flexibility index (Phi) is 3.99. The summed E-state index contributed by atoms with van der Waals surface area (Å²) in [5.74, 6) is -1.37. The highest BCUT2D eigenvalue weighted by Crippen LogP contribution is 2.31. The van der Waals surface area contributed by atoms with Gasteiger partial charge in [0.1, 0.15) is 11.6 Å². The summed E-state index contributed by atoms with van der Waals surface area (Å²) in [7, 11) is 0. The van der Waals surface area contributed by atoms with Crippen molar-refractivity contribution in [2.75, 3.05) is 5.32 Å². The van der Waals surface area contributed by atoms with Gasteiger partial charge in [-0.1, -0.05) is 11.6 Å². The van der Waals surface area contributed by atoms with Crippen LogP contribution in [0.1, 0.15) is 0 Å². The summed E-state index contributed by atoms with van der Waals surface area (Å²) in [6, 6.07) is 1.70. The van der Waals surface area contributed by atoms with E-state index in [1.165, 1.54) is 6.20 Å². The van der Waals surface area contributed by atoms with E-state index in [1.54, 1.807) is 0 Å². The van der Waals surface area contributed by atoms with Gasteiger partial charge >= 0.3 is 0 Å². The van der Waals surface area contributed by atoms with E-state index in [1.807, 2.05) is 0 Å². The van der Waals surface area contributed by atoms with Crippen LogP contribution in [-0.2, 0) is 0 Å². The quantitative estimate of drug-likeness (QED) is 0.803. The van der Waals surface area contributed by atoms with Crippen molar-refractivity contribution < 1.29 is 8.78 Å². The van der Waals surface area contributed by atoms with Crippen molar-refractivity contribution in [1.82, 2.24) is 9.97 Å². The molecule has 94 valence electrons. The highest BCUT2D eigenvalue weighted by atomic mass is 79.9. The van der Waals surface area contributed by atoms with Crippen LogP contribution >= 0.6 is 39.1 Å². The molecule has 0 atom stereocenters. The zero-order chi connectivity index (χ0) is 13.3. The molecule has 0 aliphatic heterocycles. The maximum atomic E-state index is 13.6. The smallest absolute Gasteiger partial charge is 0.224 e. The number of halogens is 5. The lowest BCUT2D eigenvalue weighted by molar-refractivity contribution is 0.586. The first kappa shape index (κ1) is 13.5. The Morgan fingerprint density at radius 1 is 1.22 bits per heavy atom. The highest BCUT2D eigenvalue weighted by molar-refractivity contribution is 9.10. The molecule has 0 aliphatic carbocycles. The number of benzene rings is 1. The van der Waals surface area contributed by atoms with Crippen LogP contribution in [0, 0.1) is 11.6 Å². The lowest BCUT2D eigenvalue weighted by Gasteiger charge is -2.10. The van der Waals surface area contributed by atoms with Crippen LogP contribution in [0.3, 0.4) is 0 Å². The van der Waals surface area contributed by atoms with E-state index in [9.17, 15) is 8.78 Å². The van der Waals surface area contributed by atoms with Crippen LogP contribution in [0.15, 0.2) is 22.8 Å². The predicted molar refractivity (Wildman–Crippen MR) is 69.4 cm³/mol. The van der Waals surface area contributed by atoms with E-state index in [4.69, 9.17) is 23.2 Å². The molecule has 1 N–H and O–H groups in total. The fourth-order valence-corrected chi connectivity index (χ4v) is 1.88. The third-order valence-electron chi connectivity index (χ3n) is 1.96. The van der Waals surface area contributed by atoms with Crippen LogP contribution in [0.5, 0.6) is 0 Å². The van der Waals surface area contributed by atoms with Crippen LogP contribution in [0.2, 0.25) is 10.3 Å². The summed E-state index contributed by atoms with van der Waals surface area (Å²) in [4.78, 5) is 7.57. The van der Waals surface area contributed by atoms with Crippen molar-refractivity contribution in [2.24, 2.45) is 0 Å². The van der Waals surface area contributed by atoms with E-state index in [0.717, 1.165) is 6.07 Å². The van der Waals surface area contributed by atoms with Crippen molar-refractivity contribution in [1.29, 1.82) is 0 Å². The Bertz CT molecular complexity index is 587. The van der Waals surface area contributed by atoms with Crippen LogP contribution in [0.25, 0.3) is 0 Å². The summed E-state index contributed by atoms with van der Waals surface area (Å²) in [6.45, 7) is 0. The topological polar surface area (TPSA) is 37.8 Å². The Labute approximate surface area is 119 Å². The second kappa shape index (κ2) is 5.34. The van der Waals surface area contributed by atoms with Crippen molar-refractivity contribution in [3.8, 4) is 0 Å². The Hall–Kier alpha value is -0.980. The van der Waals surface area contributed by atoms with Gasteiger partial charge in [0.15, 0.2) is 5.82 Å². The number of hydrogen-bond acceptors (Lipinski definition) is 3. The average Bonchev–Trinajstić information content (AvgIpc) is 2.28. The molecule has 0 spiro atoms. The molecule has 0 amide bonds. The maximum absolute atomic E-state index is 13.6. The molecule has 0 saturated heterocycles. The van der Waals surface area contributed by atoms with Gasteiger partial charge in [-0.2, -0.15) is 4.98 Å². The minimum atomic E-state index is -0.832. The Morgan fingerprint density at radius 3 is 2.61 bits per heavy atom. The van der Waals surface area contributed by atoms with E-state index < -0.39 is 11.6 Å². The highest BCUT2D eigenvalue weighted by Gasteiger charge is 2.13. The van der Waals surface area contributed by atoms with Crippen molar-refractivity contribution >= 4 is 50.6 Å². The number of anilines is 2. The second-order valence-electron chi connectivity index (χ2n) is 3.21. The minimum absolute atomic E-state index is 0.0145. The molecule has 0 saturated carbocycles. The lowest BCUT2D eigenvalue weighted by atomic mass is 10.3. The van der Waals surface area contributed by atoms with E-state index in [0.29, 0.717) is 10.5 Å². The number of aromatic nitrogens is 2. The molecule has 18 heavy (non-hydrogen) atoms. The number of rotatable bonds is 2. The second-order valence-corrected chi connectivity index (χ2v) is 4.80. The van der Waals surface area contributed by atoms with E-state index >= 15 is 0 Å². The minimum Gasteiger partial charge on any atom is -0.336 e. The predicted octanol–water partition coefficient (Wildman–Crippen LogP) is 4.57. The first-order valence-corrected chi connectivity index (χ1v) is 6.12. The van der Waals surface area contributed by atoms with Crippen molar-refractivity contribution in [2.45, 2.75) is 0 Å². The van der Waals surface area contributed by atoms with Gasteiger partial charge < -0.3 is 5.32 Å². The normalized spacial score (nSPS) is 10.5. The third-order valence-corrected chi connectivity index (χ3v) is 3.03. The molecule has 8 heteroatoms. The zero-order valence-electron chi connectivity index (χ0n) is 8.52. The summed E-state index contributed by atoms with van der Waals surface area (Å²) < 4.78 is 26.9. The molecule has 1 heterocycles. The Balaban J connectivity index is 2.43. The molecule has 2 aromatic rings. The van der Waals surface area contributed by atoms with Crippen LogP contribution in [-0.4, -0.2) is 9.97 Å². The van der Waals surface area contributed by atoms with Gasteiger partial charge in [0.25, 0.3) is 0 Å². The largest absolute Gasteiger partial charge is 0.336 e. The fraction of sp³-hybridized carbons (Fsp3) is 0. The van der Waals surface area contributed by atoms with Gasteiger partial charge in [-0.25, -0.2) is 13.8 Å². The number of hydrogen-bond donors (Lipinski definition) is 1. The van der Waals surface area contributed by atoms with Crippen LogP contribution < -0.4 is 5.32 Å². The van der Waals surface area contributed by atoms with Crippen LogP contribution in [0.4, 0.5) is 20.3 Å². The monoisotopic (exact) mass is 353 g/mol. The van der Waals surface area contributed by atoms with Crippen molar-refractivity contribution in [3.63, 3.8) is 0 Å². The molecule has 0 bridgehead atoms. The summed E-state index contributed by atoms with van der Waals surface area (Å²) in [6.07, 6.45) is 1.40. The molecule has 0 aliphatic rings. The Morgan fingerprint density at radius 2 is 1.94 bits per heavy atom. The number of nitrogens with one attached hydrogen (secondary N) is 1. The van der Waals surface area contributed by atoms with Gasteiger partial charge in [-0.15, -0.1) is 0 Å². The molecule has 1 aromatic carbocycles. The maximum Gasteiger partial charge on any atom is 0.224 e. The molecule has 2 rings (SSSR count). The van der Waals surface area contributed by atoms with Gasteiger partial charge in [-0.05, 0) is 33.6 Å². The third kappa shape index (κ3) is 2.88.